The van der Waals surface area contributed by atoms with Crippen molar-refractivity contribution >= 4 is 162 Å². The number of benzene rings is 6. The van der Waals surface area contributed by atoms with Gasteiger partial charge in [0, 0.05) is 72.8 Å². The van der Waals surface area contributed by atoms with Gasteiger partial charge in [0.05, 0.1) is 27.7 Å². The standard InChI is InChI=1S/C25H18N2O3S.C24H16N2O4S.C16H13NO3S.C10H10BNO2/c1-14-9-10-17(18-7-5-11-26-23(14)18)19-13-31-25(22(19)15(2)28)27-24(29)21-12-16-6-3-4-8-20(16)30-21;1-13-8-9-15(16-6-4-10-25-21(13)16)17-12-31-23(20(17)24(28)29)26-22(27)19-11-14-5-2-3-7-18(14)30-19;1-9-8-21-16(14(9)10(2)18)17-15(19)13-7-11-5-3-4-6-12(11)20-13;1-7-4-5-9(11(13)14)8-3-2-6-12-10(7)8/h3-13H,1-2H3,(H,27,29);2-12H,1H3,(H,26,27)(H,28,29);3-8H,1-2H3,(H,17,19);2-6,13-14H,1H3. The molecule has 18 nitrogen and oxygen atoms in total. The molecule has 0 saturated carbocycles. The molecule has 15 aromatic rings. The average Bonchev–Trinajstić information content (AvgIpc) is 1.74. The number of aromatic nitrogens is 3. The number of aryl methyl sites for hydroxylation is 4. The number of furan rings is 3. The molecule has 97 heavy (non-hydrogen) atoms. The van der Waals surface area contributed by atoms with Gasteiger partial charge in [0.25, 0.3) is 17.7 Å². The molecule has 0 radical (unpaired) electrons. The van der Waals surface area contributed by atoms with Crippen molar-refractivity contribution in [2.45, 2.75) is 41.5 Å². The van der Waals surface area contributed by atoms with Crippen LogP contribution in [0.2, 0.25) is 0 Å². The first-order chi connectivity index (χ1) is 46.8. The van der Waals surface area contributed by atoms with E-state index in [1.54, 1.807) is 60.4 Å². The Labute approximate surface area is 565 Å². The van der Waals surface area contributed by atoms with E-state index >= 15 is 0 Å². The fourth-order valence-corrected chi connectivity index (χ4v) is 14.2. The Morgan fingerprint density at radius 1 is 0.402 bits per heavy atom. The van der Waals surface area contributed by atoms with E-state index in [1.807, 2.05) is 166 Å². The number of pyridine rings is 3. The third-order valence-electron chi connectivity index (χ3n) is 15.9. The van der Waals surface area contributed by atoms with Crippen LogP contribution in [0.1, 0.15) is 98.8 Å². The summed E-state index contributed by atoms with van der Waals surface area (Å²) in [6.45, 7) is 10.8. The van der Waals surface area contributed by atoms with E-state index in [9.17, 15) is 33.9 Å². The van der Waals surface area contributed by atoms with Crippen LogP contribution in [0.15, 0.2) is 212 Å². The van der Waals surface area contributed by atoms with Crippen molar-refractivity contribution in [1.29, 1.82) is 0 Å². The lowest BCUT2D eigenvalue weighted by Gasteiger charge is -2.10. The number of ketones is 2. The van der Waals surface area contributed by atoms with Crippen LogP contribution in [0.5, 0.6) is 0 Å². The minimum Gasteiger partial charge on any atom is -0.478 e. The smallest absolute Gasteiger partial charge is 0.478 e. The number of hydrogen-bond acceptors (Lipinski definition) is 17. The highest BCUT2D eigenvalue weighted by Crippen LogP contribution is 2.42. The predicted octanol–water partition coefficient (Wildman–Crippen LogP) is 16.9. The number of amides is 3. The quantitative estimate of drug-likeness (QED) is 0.0490. The zero-order valence-corrected chi connectivity index (χ0v) is 55.2. The Balaban J connectivity index is 0.000000128. The molecule has 9 aromatic heterocycles. The molecule has 15 rings (SSSR count). The maximum absolute atomic E-state index is 12.8. The van der Waals surface area contributed by atoms with Gasteiger partial charge in [-0.3, -0.25) is 38.9 Å². The van der Waals surface area contributed by atoms with Gasteiger partial charge in [0.15, 0.2) is 28.8 Å². The Kier molecular flexibility index (Phi) is 19.1. The zero-order chi connectivity index (χ0) is 68.2. The topological polar surface area (TPSA) is 277 Å². The number of nitrogens with one attached hydrogen (secondary N) is 3. The molecule has 480 valence electrons. The number of fused-ring (bicyclic) bond motifs is 6. The first-order valence-electron chi connectivity index (χ1n) is 30.2. The number of aromatic carboxylic acids is 1. The highest BCUT2D eigenvalue weighted by atomic mass is 32.1. The summed E-state index contributed by atoms with van der Waals surface area (Å²) in [7, 11) is -1.44. The molecule has 0 bridgehead atoms. The van der Waals surface area contributed by atoms with Gasteiger partial charge in [-0.05, 0) is 140 Å². The second-order valence-electron chi connectivity index (χ2n) is 22.5. The Bertz CT molecular complexity index is 5260. The second kappa shape index (κ2) is 28.2. The molecule has 0 fully saturated rings. The van der Waals surface area contributed by atoms with E-state index < -0.39 is 19.0 Å². The molecule has 0 atom stereocenters. The number of Topliss-reactive ketones (excluding diaryl/α,β-unsaturated/α-hetero) is 2. The van der Waals surface area contributed by atoms with Gasteiger partial charge in [0.2, 0.25) is 0 Å². The van der Waals surface area contributed by atoms with Gasteiger partial charge in [0.1, 0.15) is 37.3 Å². The van der Waals surface area contributed by atoms with Crippen LogP contribution >= 0.6 is 34.0 Å². The third-order valence-corrected chi connectivity index (χ3v) is 18.7. The summed E-state index contributed by atoms with van der Waals surface area (Å²) in [6, 6.07) is 49.8. The summed E-state index contributed by atoms with van der Waals surface area (Å²) in [5, 5.41) is 48.5. The number of carboxylic acids is 1. The number of carbonyl (C=O) groups is 6. The molecular formula is C75H57BN6O12S3. The van der Waals surface area contributed by atoms with Crippen molar-refractivity contribution in [2.24, 2.45) is 0 Å². The molecule has 6 N–H and O–H groups in total. The number of carboxylic acid groups (broad SMARTS) is 1. The van der Waals surface area contributed by atoms with E-state index in [4.69, 9.17) is 23.3 Å². The monoisotopic (exact) mass is 1340 g/mol. The normalized spacial score (nSPS) is 11.0. The van der Waals surface area contributed by atoms with Gasteiger partial charge >= 0.3 is 13.1 Å². The van der Waals surface area contributed by atoms with Crippen LogP contribution in [0, 0.1) is 27.7 Å². The fourth-order valence-electron chi connectivity index (χ4n) is 11.3. The molecule has 0 aliphatic heterocycles. The first-order valence-corrected chi connectivity index (χ1v) is 32.8. The van der Waals surface area contributed by atoms with E-state index in [0.717, 1.165) is 87.8 Å². The minimum atomic E-state index is -1.44. The Hall–Kier alpha value is -11.5. The summed E-state index contributed by atoms with van der Waals surface area (Å²) in [6.07, 6.45) is 5.17. The summed E-state index contributed by atoms with van der Waals surface area (Å²) < 4.78 is 16.8. The van der Waals surface area contributed by atoms with E-state index in [2.05, 4.69) is 30.9 Å². The summed E-state index contributed by atoms with van der Waals surface area (Å²) in [5.41, 5.74) is 13.0. The number of rotatable bonds is 12. The Morgan fingerprint density at radius 3 is 1.16 bits per heavy atom. The number of nitrogens with zero attached hydrogens (tertiary/aromatic N) is 3. The minimum absolute atomic E-state index is 0.0449. The van der Waals surface area contributed by atoms with E-state index in [-0.39, 0.29) is 51.2 Å². The van der Waals surface area contributed by atoms with Gasteiger partial charge in [-0.25, -0.2) is 4.79 Å². The molecular weight excluding hydrogens is 1280 g/mol. The van der Waals surface area contributed by atoms with Crippen molar-refractivity contribution in [3.8, 4) is 22.3 Å². The van der Waals surface area contributed by atoms with Crippen LogP contribution in [0.25, 0.3) is 87.9 Å². The van der Waals surface area contributed by atoms with Crippen LogP contribution < -0.4 is 21.4 Å². The molecule has 22 heteroatoms. The van der Waals surface area contributed by atoms with Crippen molar-refractivity contribution in [3.63, 3.8) is 0 Å². The van der Waals surface area contributed by atoms with Crippen molar-refractivity contribution < 1.29 is 57.2 Å². The molecule has 6 aromatic carbocycles. The van der Waals surface area contributed by atoms with Crippen molar-refractivity contribution in [1.82, 2.24) is 15.0 Å². The SMILES string of the molecule is CC(=O)c1c(-c2ccc(C)c3ncccc23)csc1NC(=O)c1cc2ccccc2o1.CC(=O)c1c(C)csc1NC(=O)c1cc2ccccc2o1.Cc1ccc(-c2csc(NC(=O)c3cc4ccccc4o3)c2C(=O)O)c2cccnc12.Cc1ccc(B(O)O)c2cccnc12. The molecule has 3 amide bonds. The first kappa shape index (κ1) is 65.5. The molecule has 0 aliphatic rings. The third kappa shape index (κ3) is 13.7. The summed E-state index contributed by atoms with van der Waals surface area (Å²) in [4.78, 5) is 87.4. The van der Waals surface area contributed by atoms with Gasteiger partial charge in [-0.15, -0.1) is 34.0 Å². The average molecular weight is 1340 g/mol. The molecule has 0 aliphatic carbocycles. The van der Waals surface area contributed by atoms with Crippen LogP contribution in [0.3, 0.4) is 0 Å². The van der Waals surface area contributed by atoms with Crippen LogP contribution in [-0.4, -0.2) is 72.5 Å². The second-order valence-corrected chi connectivity index (χ2v) is 25.1. The lowest BCUT2D eigenvalue weighted by molar-refractivity contribution is 0.0698. The summed E-state index contributed by atoms with van der Waals surface area (Å²) >= 11 is 3.83. The molecule has 0 saturated heterocycles. The highest BCUT2D eigenvalue weighted by Gasteiger charge is 2.26. The number of thiophene rings is 3. The van der Waals surface area contributed by atoms with Crippen LogP contribution in [0.4, 0.5) is 15.0 Å². The lowest BCUT2D eigenvalue weighted by atomic mass is 9.77. The van der Waals surface area contributed by atoms with Crippen molar-refractivity contribution in [2.75, 3.05) is 16.0 Å². The predicted molar refractivity (Wildman–Crippen MR) is 384 cm³/mol. The number of carbonyl (C=O) groups excluding carboxylic acids is 5. The Morgan fingerprint density at radius 2 is 0.763 bits per heavy atom. The number of hydrogen-bond donors (Lipinski definition) is 6. The molecule has 0 unspecified atom stereocenters. The van der Waals surface area contributed by atoms with Gasteiger partial charge in [-0.1, -0.05) is 109 Å². The number of para-hydroxylation sites is 3. The number of anilines is 3. The van der Waals surface area contributed by atoms with Gasteiger partial charge < -0.3 is 44.4 Å². The van der Waals surface area contributed by atoms with E-state index in [1.165, 1.54) is 47.9 Å². The van der Waals surface area contributed by atoms with Crippen molar-refractivity contribution in [3.05, 3.63) is 255 Å². The zero-order valence-electron chi connectivity index (χ0n) is 52.7. The van der Waals surface area contributed by atoms with Gasteiger partial charge in [-0.2, -0.15) is 0 Å². The van der Waals surface area contributed by atoms with Crippen LogP contribution in [-0.2, 0) is 0 Å². The maximum Gasteiger partial charge on any atom is 0.489 e. The molecule has 9 heterocycles. The van der Waals surface area contributed by atoms with E-state index in [0.29, 0.717) is 48.9 Å². The molecule has 0 spiro atoms. The summed E-state index contributed by atoms with van der Waals surface area (Å²) in [5.74, 6) is -1.97. The fraction of sp³-hybridized carbons (Fsp3) is 0.0800. The maximum atomic E-state index is 12.8. The largest absolute Gasteiger partial charge is 0.489 e. The lowest BCUT2D eigenvalue weighted by Crippen LogP contribution is -2.30. The highest BCUT2D eigenvalue weighted by molar-refractivity contribution is 7.16.